The van der Waals surface area contributed by atoms with Crippen molar-refractivity contribution in [2.24, 2.45) is 7.05 Å². The molecular formula is C15H20N4O. The van der Waals surface area contributed by atoms with Gasteiger partial charge >= 0.3 is 0 Å². The second-order valence-corrected chi connectivity index (χ2v) is 4.56. The third kappa shape index (κ3) is 3.60. The quantitative estimate of drug-likeness (QED) is 0.843. The fourth-order valence-electron chi connectivity index (χ4n) is 2.02. The molecule has 2 aromatic rings. The largest absolute Gasteiger partial charge is 0.385 e. The first-order valence-corrected chi connectivity index (χ1v) is 6.80. The van der Waals surface area contributed by atoms with Gasteiger partial charge in [0, 0.05) is 38.4 Å². The molecule has 0 unspecified atom stereocenters. The van der Waals surface area contributed by atoms with Gasteiger partial charge in [-0.1, -0.05) is 12.1 Å². The minimum absolute atomic E-state index is 0.0579. The number of aromatic nitrogens is 2. The zero-order valence-electron chi connectivity index (χ0n) is 11.9. The predicted octanol–water partition coefficient (Wildman–Crippen LogP) is 1.82. The lowest BCUT2D eigenvalue weighted by molar-refractivity contribution is 0.0955. The van der Waals surface area contributed by atoms with Crippen LogP contribution in [0.2, 0.25) is 0 Å². The van der Waals surface area contributed by atoms with Crippen LogP contribution in [0.5, 0.6) is 0 Å². The second kappa shape index (κ2) is 6.75. The van der Waals surface area contributed by atoms with Gasteiger partial charge in [-0.2, -0.15) is 5.10 Å². The highest BCUT2D eigenvalue weighted by Gasteiger charge is 2.09. The SMILES string of the molecule is CCNc1ccccc1C(=O)NCCc1ccn(C)n1. The summed E-state index contributed by atoms with van der Waals surface area (Å²) in [6.45, 7) is 3.38. The molecule has 1 aromatic carbocycles. The molecule has 0 fully saturated rings. The average molecular weight is 272 g/mol. The second-order valence-electron chi connectivity index (χ2n) is 4.56. The summed E-state index contributed by atoms with van der Waals surface area (Å²) in [7, 11) is 1.88. The normalized spacial score (nSPS) is 10.3. The van der Waals surface area contributed by atoms with E-state index in [2.05, 4.69) is 15.7 Å². The monoisotopic (exact) mass is 272 g/mol. The Bertz CT molecular complexity index is 577. The summed E-state index contributed by atoms with van der Waals surface area (Å²) < 4.78 is 1.76. The Morgan fingerprint density at radius 1 is 1.30 bits per heavy atom. The first kappa shape index (κ1) is 14.1. The Morgan fingerprint density at radius 3 is 2.80 bits per heavy atom. The number of nitrogens with one attached hydrogen (secondary N) is 2. The zero-order chi connectivity index (χ0) is 14.4. The Morgan fingerprint density at radius 2 is 2.10 bits per heavy atom. The zero-order valence-corrected chi connectivity index (χ0v) is 11.9. The van der Waals surface area contributed by atoms with Crippen molar-refractivity contribution in [3.8, 4) is 0 Å². The summed E-state index contributed by atoms with van der Waals surface area (Å²) in [5.41, 5.74) is 2.52. The lowest BCUT2D eigenvalue weighted by Gasteiger charge is -2.10. The standard InChI is InChI=1S/C15H20N4O/c1-3-16-14-7-5-4-6-13(14)15(20)17-10-8-12-9-11-19(2)18-12/h4-7,9,11,16H,3,8,10H2,1-2H3,(H,17,20). The summed E-state index contributed by atoms with van der Waals surface area (Å²) in [5.74, 6) is -0.0579. The number of benzene rings is 1. The van der Waals surface area contributed by atoms with E-state index in [0.29, 0.717) is 12.1 Å². The van der Waals surface area contributed by atoms with Gasteiger partial charge in [-0.15, -0.1) is 0 Å². The molecule has 1 amide bonds. The van der Waals surface area contributed by atoms with Gasteiger partial charge in [0.05, 0.1) is 11.3 Å². The number of aryl methyl sites for hydroxylation is 1. The Balaban J connectivity index is 1.91. The van der Waals surface area contributed by atoms with Crippen molar-refractivity contribution in [2.45, 2.75) is 13.3 Å². The fourth-order valence-corrected chi connectivity index (χ4v) is 2.02. The van der Waals surface area contributed by atoms with Crippen molar-refractivity contribution >= 4 is 11.6 Å². The van der Waals surface area contributed by atoms with Crippen LogP contribution in [-0.2, 0) is 13.5 Å². The molecule has 2 rings (SSSR count). The van der Waals surface area contributed by atoms with Crippen LogP contribution in [0.1, 0.15) is 23.0 Å². The first-order valence-electron chi connectivity index (χ1n) is 6.80. The first-order chi connectivity index (χ1) is 9.70. The van der Waals surface area contributed by atoms with Crippen molar-refractivity contribution in [1.82, 2.24) is 15.1 Å². The van der Waals surface area contributed by atoms with Crippen molar-refractivity contribution in [3.63, 3.8) is 0 Å². The molecule has 0 saturated heterocycles. The van der Waals surface area contributed by atoms with Crippen molar-refractivity contribution in [3.05, 3.63) is 47.8 Å². The Labute approximate surface area is 119 Å². The van der Waals surface area contributed by atoms with Gasteiger partial charge in [0.25, 0.3) is 5.91 Å². The van der Waals surface area contributed by atoms with Crippen LogP contribution in [0.3, 0.4) is 0 Å². The van der Waals surface area contributed by atoms with E-state index < -0.39 is 0 Å². The summed E-state index contributed by atoms with van der Waals surface area (Å²) in [6.07, 6.45) is 2.63. The maximum Gasteiger partial charge on any atom is 0.253 e. The van der Waals surface area contributed by atoms with Crippen LogP contribution in [0.25, 0.3) is 0 Å². The van der Waals surface area contributed by atoms with Crippen molar-refractivity contribution < 1.29 is 4.79 Å². The highest BCUT2D eigenvalue weighted by Crippen LogP contribution is 2.14. The van der Waals surface area contributed by atoms with E-state index >= 15 is 0 Å². The molecule has 1 aromatic heterocycles. The Hall–Kier alpha value is -2.30. The number of para-hydroxylation sites is 1. The maximum absolute atomic E-state index is 12.2. The predicted molar refractivity (Wildman–Crippen MR) is 79.9 cm³/mol. The fraction of sp³-hybridized carbons (Fsp3) is 0.333. The molecule has 0 atom stereocenters. The molecule has 5 nitrogen and oxygen atoms in total. The van der Waals surface area contributed by atoms with E-state index in [1.807, 2.05) is 50.5 Å². The minimum atomic E-state index is -0.0579. The van der Waals surface area contributed by atoms with E-state index in [0.717, 1.165) is 24.3 Å². The summed E-state index contributed by atoms with van der Waals surface area (Å²) in [6, 6.07) is 9.49. The Kier molecular flexibility index (Phi) is 4.76. The number of carbonyl (C=O) groups is 1. The van der Waals surface area contributed by atoms with E-state index in [1.54, 1.807) is 4.68 Å². The van der Waals surface area contributed by atoms with Crippen LogP contribution in [0.4, 0.5) is 5.69 Å². The number of hydrogen-bond acceptors (Lipinski definition) is 3. The topological polar surface area (TPSA) is 59.0 Å². The number of nitrogens with zero attached hydrogens (tertiary/aromatic N) is 2. The molecule has 20 heavy (non-hydrogen) atoms. The molecule has 1 heterocycles. The van der Waals surface area contributed by atoms with Crippen LogP contribution in [0.15, 0.2) is 36.5 Å². The summed E-state index contributed by atoms with van der Waals surface area (Å²) >= 11 is 0. The third-order valence-electron chi connectivity index (χ3n) is 2.97. The van der Waals surface area contributed by atoms with Gasteiger partial charge in [-0.05, 0) is 25.1 Å². The van der Waals surface area contributed by atoms with E-state index in [4.69, 9.17) is 0 Å². The van der Waals surface area contributed by atoms with Crippen LogP contribution >= 0.6 is 0 Å². The maximum atomic E-state index is 12.2. The van der Waals surface area contributed by atoms with Crippen LogP contribution in [0, 0.1) is 0 Å². The summed E-state index contributed by atoms with van der Waals surface area (Å²) in [4.78, 5) is 12.2. The third-order valence-corrected chi connectivity index (χ3v) is 2.97. The molecule has 0 saturated carbocycles. The van der Waals surface area contributed by atoms with E-state index in [-0.39, 0.29) is 5.91 Å². The summed E-state index contributed by atoms with van der Waals surface area (Å²) in [5, 5.41) is 10.4. The number of anilines is 1. The van der Waals surface area contributed by atoms with Gasteiger partial charge in [-0.25, -0.2) is 0 Å². The van der Waals surface area contributed by atoms with Crippen molar-refractivity contribution in [2.75, 3.05) is 18.4 Å². The smallest absolute Gasteiger partial charge is 0.253 e. The van der Waals surface area contributed by atoms with Gasteiger partial charge in [0.1, 0.15) is 0 Å². The molecule has 0 aliphatic rings. The minimum Gasteiger partial charge on any atom is -0.385 e. The molecule has 0 spiro atoms. The van der Waals surface area contributed by atoms with Gasteiger partial charge in [-0.3, -0.25) is 9.48 Å². The number of hydrogen-bond donors (Lipinski definition) is 2. The molecule has 0 aliphatic carbocycles. The number of carbonyl (C=O) groups excluding carboxylic acids is 1. The van der Waals surface area contributed by atoms with E-state index in [9.17, 15) is 4.79 Å². The number of rotatable bonds is 6. The van der Waals surface area contributed by atoms with Gasteiger partial charge in [0.2, 0.25) is 0 Å². The molecule has 0 aliphatic heterocycles. The molecule has 0 bridgehead atoms. The molecule has 106 valence electrons. The lowest BCUT2D eigenvalue weighted by atomic mass is 10.1. The van der Waals surface area contributed by atoms with Crippen LogP contribution in [-0.4, -0.2) is 28.8 Å². The van der Waals surface area contributed by atoms with Gasteiger partial charge in [0.15, 0.2) is 0 Å². The van der Waals surface area contributed by atoms with Gasteiger partial charge < -0.3 is 10.6 Å². The van der Waals surface area contributed by atoms with Crippen molar-refractivity contribution in [1.29, 1.82) is 0 Å². The van der Waals surface area contributed by atoms with Crippen LogP contribution < -0.4 is 10.6 Å². The molecule has 5 heteroatoms. The molecule has 2 N–H and O–H groups in total. The molecule has 0 radical (unpaired) electrons. The van der Waals surface area contributed by atoms with E-state index in [1.165, 1.54) is 0 Å². The number of amides is 1. The highest BCUT2D eigenvalue weighted by molar-refractivity contribution is 5.99. The lowest BCUT2D eigenvalue weighted by Crippen LogP contribution is -2.26. The molecular weight excluding hydrogens is 252 g/mol. The highest BCUT2D eigenvalue weighted by atomic mass is 16.1. The average Bonchev–Trinajstić information content (AvgIpc) is 2.85.